The summed E-state index contributed by atoms with van der Waals surface area (Å²) in [6.45, 7) is 3.63. The topological polar surface area (TPSA) is 64.7 Å². The molecule has 4 rings (SSSR count). The molecule has 1 aromatic carbocycles. The maximum absolute atomic E-state index is 12.4. The molecule has 2 aliphatic heterocycles. The molecule has 0 radical (unpaired) electrons. The van der Waals surface area contributed by atoms with Gasteiger partial charge in [-0.1, -0.05) is 31.4 Å². The van der Waals surface area contributed by atoms with E-state index in [0.29, 0.717) is 6.54 Å². The predicted molar refractivity (Wildman–Crippen MR) is 115 cm³/mol. The van der Waals surface area contributed by atoms with Crippen LogP contribution >= 0.6 is 0 Å². The largest absolute Gasteiger partial charge is 0.374 e. The molecule has 1 saturated carbocycles. The molecular weight excluding hydrogens is 364 g/mol. The molecule has 1 aromatic rings. The van der Waals surface area contributed by atoms with E-state index >= 15 is 0 Å². The number of carbonyl (C=O) groups is 2. The molecule has 2 fully saturated rings. The van der Waals surface area contributed by atoms with Crippen LogP contribution in [0.15, 0.2) is 18.2 Å². The Balaban J connectivity index is 1.40. The number of anilines is 1. The zero-order valence-corrected chi connectivity index (χ0v) is 17.6. The standard InChI is InChI=1S/C23H34N4O2/c1-26-14-11-18-15-17(9-10-20(18)26)21(27-12-5-6-13-27)16-24-22(28)23(29)25-19-7-3-2-4-8-19/h9-10,15,19,21H,2-8,11-14,16H2,1H3,(H,24,28)(H,25,29)/t21-/m1/s1. The van der Waals surface area contributed by atoms with Crippen LogP contribution in [0, 0.1) is 0 Å². The first kappa shape index (κ1) is 20.2. The van der Waals surface area contributed by atoms with E-state index in [1.165, 1.54) is 36.1 Å². The van der Waals surface area contributed by atoms with Gasteiger partial charge in [0.15, 0.2) is 0 Å². The van der Waals surface area contributed by atoms with Crippen LogP contribution in [0.25, 0.3) is 0 Å². The minimum absolute atomic E-state index is 0.125. The van der Waals surface area contributed by atoms with Crippen LogP contribution in [-0.2, 0) is 16.0 Å². The smallest absolute Gasteiger partial charge is 0.309 e. The number of likely N-dealkylation sites (tertiary alicyclic amines) is 1. The average molecular weight is 399 g/mol. The molecule has 158 valence electrons. The van der Waals surface area contributed by atoms with Gasteiger partial charge in [0.25, 0.3) is 0 Å². The number of benzene rings is 1. The van der Waals surface area contributed by atoms with Crippen LogP contribution in [0.1, 0.15) is 62.1 Å². The lowest BCUT2D eigenvalue weighted by Crippen LogP contribution is -2.47. The number of hydrogen-bond acceptors (Lipinski definition) is 4. The Hall–Kier alpha value is -2.08. The second-order valence-corrected chi connectivity index (χ2v) is 8.84. The second kappa shape index (κ2) is 9.16. The summed E-state index contributed by atoms with van der Waals surface area (Å²) >= 11 is 0. The third-order valence-corrected chi connectivity index (χ3v) is 6.80. The molecule has 0 unspecified atom stereocenters. The highest BCUT2D eigenvalue weighted by molar-refractivity contribution is 6.35. The van der Waals surface area contributed by atoms with Gasteiger partial charge in [-0.3, -0.25) is 14.5 Å². The first-order valence-corrected chi connectivity index (χ1v) is 11.3. The van der Waals surface area contributed by atoms with Gasteiger partial charge < -0.3 is 15.5 Å². The lowest BCUT2D eigenvalue weighted by molar-refractivity contribution is -0.139. The SMILES string of the molecule is CN1CCc2cc([C@@H](CNC(=O)C(=O)NC3CCCCC3)N3CCCC3)ccc21. The van der Waals surface area contributed by atoms with Crippen LogP contribution in [-0.4, -0.2) is 56.0 Å². The summed E-state index contributed by atoms with van der Waals surface area (Å²) in [5.41, 5.74) is 3.94. The molecule has 1 aliphatic carbocycles. The number of nitrogens with one attached hydrogen (secondary N) is 2. The van der Waals surface area contributed by atoms with Gasteiger partial charge in [0.1, 0.15) is 0 Å². The molecular formula is C23H34N4O2. The van der Waals surface area contributed by atoms with E-state index in [-0.39, 0.29) is 12.1 Å². The minimum atomic E-state index is -0.499. The van der Waals surface area contributed by atoms with E-state index in [4.69, 9.17) is 0 Å². The van der Waals surface area contributed by atoms with Gasteiger partial charge in [-0.25, -0.2) is 0 Å². The lowest BCUT2D eigenvalue weighted by Gasteiger charge is -2.29. The van der Waals surface area contributed by atoms with Crippen molar-refractivity contribution in [3.05, 3.63) is 29.3 Å². The zero-order valence-electron chi connectivity index (χ0n) is 17.6. The molecule has 2 amide bonds. The summed E-state index contributed by atoms with van der Waals surface area (Å²) in [5, 5.41) is 5.84. The summed E-state index contributed by atoms with van der Waals surface area (Å²) in [6, 6.07) is 6.98. The Kier molecular flexibility index (Phi) is 6.38. The highest BCUT2D eigenvalue weighted by Gasteiger charge is 2.27. The van der Waals surface area contributed by atoms with Crippen molar-refractivity contribution in [1.29, 1.82) is 0 Å². The van der Waals surface area contributed by atoms with Crippen LogP contribution in [0.5, 0.6) is 0 Å². The summed E-state index contributed by atoms with van der Waals surface area (Å²) in [6.07, 6.45) is 8.93. The van der Waals surface area contributed by atoms with E-state index in [1.54, 1.807) is 0 Å². The first-order chi connectivity index (χ1) is 14.1. The van der Waals surface area contributed by atoms with Crippen molar-refractivity contribution in [3.8, 4) is 0 Å². The average Bonchev–Trinajstić information content (AvgIpc) is 3.39. The second-order valence-electron chi connectivity index (χ2n) is 8.84. The number of hydrogen-bond donors (Lipinski definition) is 2. The van der Waals surface area contributed by atoms with E-state index in [1.807, 2.05) is 0 Å². The first-order valence-electron chi connectivity index (χ1n) is 11.3. The van der Waals surface area contributed by atoms with E-state index in [2.05, 4.69) is 45.7 Å². The van der Waals surface area contributed by atoms with Crippen molar-refractivity contribution < 1.29 is 9.59 Å². The van der Waals surface area contributed by atoms with Gasteiger partial charge in [0.2, 0.25) is 0 Å². The normalized spacial score (nSPS) is 21.1. The Morgan fingerprint density at radius 2 is 1.79 bits per heavy atom. The highest BCUT2D eigenvalue weighted by Crippen LogP contribution is 2.32. The third-order valence-electron chi connectivity index (χ3n) is 6.80. The molecule has 29 heavy (non-hydrogen) atoms. The fourth-order valence-corrected chi connectivity index (χ4v) is 5.07. The fourth-order valence-electron chi connectivity index (χ4n) is 5.07. The summed E-state index contributed by atoms with van der Waals surface area (Å²) in [7, 11) is 2.13. The highest BCUT2D eigenvalue weighted by atomic mass is 16.2. The molecule has 0 aromatic heterocycles. The molecule has 6 heteroatoms. The van der Waals surface area contributed by atoms with Crippen molar-refractivity contribution in [3.63, 3.8) is 0 Å². The molecule has 2 N–H and O–H groups in total. The molecule has 0 spiro atoms. The van der Waals surface area contributed by atoms with E-state index in [0.717, 1.165) is 51.7 Å². The van der Waals surface area contributed by atoms with Crippen LogP contribution in [0.2, 0.25) is 0 Å². The van der Waals surface area contributed by atoms with Crippen molar-refractivity contribution in [2.24, 2.45) is 0 Å². The predicted octanol–water partition coefficient (Wildman–Crippen LogP) is 2.38. The van der Waals surface area contributed by atoms with Gasteiger partial charge in [0.05, 0.1) is 6.04 Å². The van der Waals surface area contributed by atoms with Gasteiger partial charge in [-0.05, 0) is 62.4 Å². The van der Waals surface area contributed by atoms with Crippen molar-refractivity contribution in [2.45, 2.75) is 63.5 Å². The monoisotopic (exact) mass is 398 g/mol. The van der Waals surface area contributed by atoms with E-state index < -0.39 is 11.8 Å². The Bertz CT molecular complexity index is 738. The number of nitrogens with zero attached hydrogens (tertiary/aromatic N) is 2. The number of rotatable bonds is 5. The minimum Gasteiger partial charge on any atom is -0.374 e. The van der Waals surface area contributed by atoms with Crippen LogP contribution in [0.3, 0.4) is 0 Å². The van der Waals surface area contributed by atoms with Gasteiger partial charge in [0, 0.05) is 31.9 Å². The van der Waals surface area contributed by atoms with Crippen molar-refractivity contribution >= 4 is 17.5 Å². The molecule has 2 heterocycles. The zero-order chi connectivity index (χ0) is 20.2. The maximum Gasteiger partial charge on any atom is 0.309 e. The van der Waals surface area contributed by atoms with Gasteiger partial charge in [-0.15, -0.1) is 0 Å². The van der Waals surface area contributed by atoms with Crippen LogP contribution < -0.4 is 15.5 Å². The number of fused-ring (bicyclic) bond motifs is 1. The Morgan fingerprint density at radius 3 is 2.55 bits per heavy atom. The quantitative estimate of drug-likeness (QED) is 0.748. The Labute approximate surface area is 174 Å². The third kappa shape index (κ3) is 4.74. The fraction of sp³-hybridized carbons (Fsp3) is 0.652. The summed E-state index contributed by atoms with van der Waals surface area (Å²) in [4.78, 5) is 29.5. The number of amides is 2. The van der Waals surface area contributed by atoms with Crippen LogP contribution in [0.4, 0.5) is 5.69 Å². The summed E-state index contributed by atoms with van der Waals surface area (Å²) in [5.74, 6) is -0.978. The Morgan fingerprint density at radius 1 is 1.03 bits per heavy atom. The molecule has 1 saturated heterocycles. The molecule has 3 aliphatic rings. The van der Waals surface area contributed by atoms with Gasteiger partial charge in [-0.2, -0.15) is 0 Å². The summed E-state index contributed by atoms with van der Waals surface area (Å²) < 4.78 is 0. The molecule has 1 atom stereocenters. The lowest BCUT2D eigenvalue weighted by atomic mass is 9.95. The van der Waals surface area contributed by atoms with Gasteiger partial charge >= 0.3 is 11.8 Å². The maximum atomic E-state index is 12.4. The molecule has 0 bridgehead atoms. The molecule has 6 nitrogen and oxygen atoms in total. The van der Waals surface area contributed by atoms with Crippen molar-refractivity contribution in [2.75, 3.05) is 38.1 Å². The number of carbonyl (C=O) groups excluding carboxylic acids is 2. The van der Waals surface area contributed by atoms with E-state index in [9.17, 15) is 9.59 Å². The number of likely N-dealkylation sites (N-methyl/N-ethyl adjacent to an activating group) is 1. The van der Waals surface area contributed by atoms with Crippen molar-refractivity contribution in [1.82, 2.24) is 15.5 Å².